The van der Waals surface area contributed by atoms with Gasteiger partial charge in [0.25, 0.3) is 0 Å². The largest absolute Gasteiger partial charge is 0.0991 e. The van der Waals surface area contributed by atoms with Crippen LogP contribution in [0, 0.1) is 0 Å². The van der Waals surface area contributed by atoms with E-state index in [0.29, 0.717) is 0 Å². The van der Waals surface area contributed by atoms with Crippen LogP contribution >= 0.6 is 0 Å². The van der Waals surface area contributed by atoms with Crippen LogP contribution in [0.5, 0.6) is 0 Å². The van der Waals surface area contributed by atoms with Gasteiger partial charge in [0.15, 0.2) is 0 Å². The molecule has 0 nitrogen and oxygen atoms in total. The van der Waals surface area contributed by atoms with E-state index in [1.54, 1.807) is 5.56 Å². The van der Waals surface area contributed by atoms with Gasteiger partial charge in [0.05, 0.1) is 0 Å². The first kappa shape index (κ1) is 12.5. The summed E-state index contributed by atoms with van der Waals surface area (Å²) in [5, 5.41) is 0. The number of rotatable bonds is 1. The van der Waals surface area contributed by atoms with Gasteiger partial charge in [-0.2, -0.15) is 0 Å². The van der Waals surface area contributed by atoms with Gasteiger partial charge < -0.3 is 0 Å². The minimum Gasteiger partial charge on any atom is -0.0991 e. The summed E-state index contributed by atoms with van der Waals surface area (Å²) >= 11 is 0. The Labute approximate surface area is 116 Å². The third kappa shape index (κ3) is 1.74. The molecule has 1 aromatic carbocycles. The molecule has 0 unspecified atom stereocenters. The minimum absolute atomic E-state index is 0.269. The molecule has 1 saturated carbocycles. The van der Waals surface area contributed by atoms with Crippen LogP contribution in [0.25, 0.3) is 5.57 Å². The Hall–Kier alpha value is -1.56. The fourth-order valence-corrected chi connectivity index (χ4v) is 4.06. The first-order valence-electron chi connectivity index (χ1n) is 7.43. The zero-order chi connectivity index (χ0) is 13.3. The highest BCUT2D eigenvalue weighted by atomic mass is 14.5. The van der Waals surface area contributed by atoms with Crippen molar-refractivity contribution in [2.45, 2.75) is 44.4 Å². The zero-order valence-corrected chi connectivity index (χ0v) is 11.8. The van der Waals surface area contributed by atoms with Crippen LogP contribution in [0.1, 0.15) is 50.2 Å². The zero-order valence-electron chi connectivity index (χ0n) is 11.8. The minimum atomic E-state index is 0.269. The van der Waals surface area contributed by atoms with Crippen molar-refractivity contribution in [2.75, 3.05) is 0 Å². The van der Waals surface area contributed by atoms with Crippen molar-refractivity contribution in [3.8, 4) is 0 Å². The Bertz CT molecular complexity index is 551. The third-order valence-electron chi connectivity index (χ3n) is 4.82. The molecule has 3 rings (SSSR count). The highest BCUT2D eigenvalue weighted by Gasteiger charge is 2.44. The van der Waals surface area contributed by atoms with Gasteiger partial charge in [0, 0.05) is 5.41 Å². The number of fused-ring (bicyclic) bond motifs is 2. The summed E-state index contributed by atoms with van der Waals surface area (Å²) in [6.45, 7) is 6.09. The van der Waals surface area contributed by atoms with Crippen LogP contribution in [-0.4, -0.2) is 0 Å². The Balaban J connectivity index is 2.25. The van der Waals surface area contributed by atoms with E-state index in [-0.39, 0.29) is 5.41 Å². The second-order valence-corrected chi connectivity index (χ2v) is 5.71. The summed E-state index contributed by atoms with van der Waals surface area (Å²) in [5.41, 5.74) is 6.20. The normalized spacial score (nSPS) is 24.9. The molecule has 0 aromatic heterocycles. The molecular weight excluding hydrogens is 228 g/mol. The molecule has 0 atom stereocenters. The molecular formula is C19H22. The monoisotopic (exact) mass is 250 g/mol. The van der Waals surface area contributed by atoms with E-state index in [0.717, 1.165) is 0 Å². The van der Waals surface area contributed by atoms with E-state index in [1.165, 1.54) is 48.8 Å². The van der Waals surface area contributed by atoms with E-state index in [1.807, 2.05) is 6.08 Å². The molecule has 0 saturated heterocycles. The summed E-state index contributed by atoms with van der Waals surface area (Å²) in [6.07, 6.45) is 13.2. The van der Waals surface area contributed by atoms with Crippen molar-refractivity contribution in [1.29, 1.82) is 0 Å². The number of hydrogen-bond acceptors (Lipinski definition) is 0. The Kier molecular flexibility index (Phi) is 3.18. The van der Waals surface area contributed by atoms with Crippen molar-refractivity contribution in [3.05, 3.63) is 65.8 Å². The van der Waals surface area contributed by atoms with Crippen LogP contribution < -0.4 is 0 Å². The maximum atomic E-state index is 3.93. The summed E-state index contributed by atoms with van der Waals surface area (Å²) < 4.78 is 0. The molecule has 1 spiro atoms. The van der Waals surface area contributed by atoms with Gasteiger partial charge in [-0.15, -0.1) is 0 Å². The molecule has 0 heteroatoms. The van der Waals surface area contributed by atoms with Gasteiger partial charge in [-0.3, -0.25) is 0 Å². The quantitative estimate of drug-likeness (QED) is 0.624. The molecule has 1 fully saturated rings. The maximum Gasteiger partial charge on any atom is 0.0215 e. The summed E-state index contributed by atoms with van der Waals surface area (Å²) in [7, 11) is 0. The molecule has 0 heterocycles. The van der Waals surface area contributed by atoms with Gasteiger partial charge >= 0.3 is 0 Å². The summed E-state index contributed by atoms with van der Waals surface area (Å²) in [6, 6.07) is 8.98. The Morgan fingerprint density at radius 2 is 1.84 bits per heavy atom. The summed E-state index contributed by atoms with van der Waals surface area (Å²) in [5.74, 6) is 0. The molecule has 2 aliphatic rings. The lowest BCUT2D eigenvalue weighted by molar-refractivity contribution is 0.353. The number of hydrogen-bond donors (Lipinski definition) is 0. The fourth-order valence-electron chi connectivity index (χ4n) is 4.06. The number of benzene rings is 1. The Morgan fingerprint density at radius 3 is 2.53 bits per heavy atom. The van der Waals surface area contributed by atoms with E-state index < -0.39 is 0 Å². The van der Waals surface area contributed by atoms with E-state index in [2.05, 4.69) is 49.9 Å². The van der Waals surface area contributed by atoms with Crippen LogP contribution in [0.15, 0.2) is 54.6 Å². The van der Waals surface area contributed by atoms with Crippen molar-refractivity contribution in [1.82, 2.24) is 0 Å². The SMILES string of the molecule is C=CC=C1/C(=C\C)c2ccccc2C12CCCCC2. The van der Waals surface area contributed by atoms with E-state index in [4.69, 9.17) is 0 Å². The van der Waals surface area contributed by atoms with Crippen LogP contribution in [0.4, 0.5) is 0 Å². The second kappa shape index (κ2) is 4.85. The molecule has 2 aliphatic carbocycles. The highest BCUT2D eigenvalue weighted by Crippen LogP contribution is 2.56. The first-order valence-corrected chi connectivity index (χ1v) is 7.43. The lowest BCUT2D eigenvalue weighted by Gasteiger charge is -2.36. The topological polar surface area (TPSA) is 0 Å². The molecule has 98 valence electrons. The number of allylic oxidation sites excluding steroid dienone is 5. The average Bonchev–Trinajstić information content (AvgIpc) is 2.71. The maximum absolute atomic E-state index is 3.93. The lowest BCUT2D eigenvalue weighted by atomic mass is 9.67. The second-order valence-electron chi connectivity index (χ2n) is 5.71. The van der Waals surface area contributed by atoms with E-state index in [9.17, 15) is 0 Å². The molecule has 0 amide bonds. The van der Waals surface area contributed by atoms with Gasteiger partial charge in [-0.05, 0) is 42.0 Å². The molecule has 0 aliphatic heterocycles. The third-order valence-corrected chi connectivity index (χ3v) is 4.82. The molecule has 0 bridgehead atoms. The van der Waals surface area contributed by atoms with Gasteiger partial charge in [0.2, 0.25) is 0 Å². The first-order chi connectivity index (χ1) is 9.33. The highest BCUT2D eigenvalue weighted by molar-refractivity contribution is 5.90. The molecule has 1 aromatic rings. The van der Waals surface area contributed by atoms with E-state index >= 15 is 0 Å². The smallest absolute Gasteiger partial charge is 0.0215 e. The van der Waals surface area contributed by atoms with Crippen molar-refractivity contribution in [3.63, 3.8) is 0 Å². The van der Waals surface area contributed by atoms with Gasteiger partial charge in [-0.25, -0.2) is 0 Å². The average molecular weight is 250 g/mol. The van der Waals surface area contributed by atoms with Crippen LogP contribution in [0.2, 0.25) is 0 Å². The Morgan fingerprint density at radius 1 is 1.11 bits per heavy atom. The molecule has 0 radical (unpaired) electrons. The van der Waals surface area contributed by atoms with Crippen LogP contribution in [0.3, 0.4) is 0 Å². The van der Waals surface area contributed by atoms with Crippen LogP contribution in [-0.2, 0) is 5.41 Å². The van der Waals surface area contributed by atoms with Gasteiger partial charge in [0.1, 0.15) is 0 Å². The predicted molar refractivity (Wildman–Crippen MR) is 83.1 cm³/mol. The van der Waals surface area contributed by atoms with Crippen molar-refractivity contribution in [2.24, 2.45) is 0 Å². The lowest BCUT2D eigenvalue weighted by Crippen LogP contribution is -2.28. The van der Waals surface area contributed by atoms with Crippen molar-refractivity contribution < 1.29 is 0 Å². The molecule has 19 heavy (non-hydrogen) atoms. The molecule has 0 N–H and O–H groups in total. The predicted octanol–water partition coefficient (Wildman–Crippen LogP) is 5.42. The standard InChI is InChI=1S/C19H22/c1-3-10-17-15(4-2)16-11-6-7-12-18(16)19(17)13-8-5-9-14-19/h3-4,6-7,10-12H,1,5,8-9,13-14H2,2H3/b15-4-,17-10?. The summed E-state index contributed by atoms with van der Waals surface area (Å²) in [4.78, 5) is 0. The van der Waals surface area contributed by atoms with Gasteiger partial charge in [-0.1, -0.05) is 68.3 Å². The fraction of sp³-hybridized carbons (Fsp3) is 0.368. The van der Waals surface area contributed by atoms with Crippen molar-refractivity contribution >= 4 is 5.57 Å².